The van der Waals surface area contributed by atoms with E-state index >= 15 is 0 Å². The van der Waals surface area contributed by atoms with Crippen LogP contribution in [0, 0.1) is 0 Å². The summed E-state index contributed by atoms with van der Waals surface area (Å²) < 4.78 is 16.4. The number of hydrogen-bond donors (Lipinski definition) is 2. The fourth-order valence-corrected chi connectivity index (χ4v) is 2.36. The van der Waals surface area contributed by atoms with Crippen molar-refractivity contribution in [2.45, 2.75) is 38.1 Å². The summed E-state index contributed by atoms with van der Waals surface area (Å²) in [6.45, 7) is 2.79. The number of hydrogen-bond acceptors (Lipinski definition) is 5. The van der Waals surface area contributed by atoms with Gasteiger partial charge in [0, 0.05) is 6.54 Å². The lowest BCUT2D eigenvalue weighted by atomic mass is 10.2. The number of amides is 1. The standard InChI is InChI=1S/C16H24N2O4/c1-11(21-13-5-3-12(20-2)4-6-13)10-18-16(19)15-8-7-14(9-17)22-15/h3-6,11,14-15H,7-10,17H2,1-2H3,(H,18,19)/t11?,14-,15+/m1/s1. The minimum absolute atomic E-state index is 0.00345. The molecular formula is C16H24N2O4. The number of nitrogens with one attached hydrogen (secondary N) is 1. The van der Waals surface area contributed by atoms with Crippen LogP contribution < -0.4 is 20.5 Å². The molecule has 3 atom stereocenters. The average molecular weight is 308 g/mol. The van der Waals surface area contributed by atoms with E-state index in [4.69, 9.17) is 19.9 Å². The third-order valence-corrected chi connectivity index (χ3v) is 3.62. The second-order valence-electron chi connectivity index (χ2n) is 5.41. The zero-order chi connectivity index (χ0) is 15.9. The largest absolute Gasteiger partial charge is 0.497 e. The molecule has 6 nitrogen and oxygen atoms in total. The van der Waals surface area contributed by atoms with Crippen molar-refractivity contribution in [3.05, 3.63) is 24.3 Å². The molecule has 1 heterocycles. The van der Waals surface area contributed by atoms with Crippen molar-refractivity contribution in [3.63, 3.8) is 0 Å². The molecule has 0 spiro atoms. The summed E-state index contributed by atoms with van der Waals surface area (Å²) in [6.07, 6.45) is 1.04. The van der Waals surface area contributed by atoms with E-state index in [2.05, 4.69) is 5.32 Å². The number of benzene rings is 1. The molecule has 1 aliphatic heterocycles. The summed E-state index contributed by atoms with van der Waals surface area (Å²) in [5.41, 5.74) is 5.54. The lowest BCUT2D eigenvalue weighted by Gasteiger charge is -2.17. The van der Waals surface area contributed by atoms with Gasteiger partial charge in [0.05, 0.1) is 19.8 Å². The van der Waals surface area contributed by atoms with Gasteiger partial charge in [-0.3, -0.25) is 4.79 Å². The second kappa shape index (κ2) is 8.00. The van der Waals surface area contributed by atoms with Gasteiger partial charge in [-0.2, -0.15) is 0 Å². The zero-order valence-electron chi connectivity index (χ0n) is 13.1. The maximum absolute atomic E-state index is 12.0. The van der Waals surface area contributed by atoms with E-state index in [0.29, 0.717) is 13.1 Å². The van der Waals surface area contributed by atoms with E-state index in [0.717, 1.165) is 24.3 Å². The average Bonchev–Trinajstić information content (AvgIpc) is 3.02. The van der Waals surface area contributed by atoms with Gasteiger partial charge in [0.2, 0.25) is 5.91 Å². The van der Waals surface area contributed by atoms with Crippen LogP contribution in [0.5, 0.6) is 11.5 Å². The van der Waals surface area contributed by atoms with Gasteiger partial charge in [-0.05, 0) is 44.0 Å². The molecule has 1 saturated heterocycles. The molecule has 1 amide bonds. The quantitative estimate of drug-likeness (QED) is 0.788. The first kappa shape index (κ1) is 16.6. The molecule has 0 aliphatic carbocycles. The van der Waals surface area contributed by atoms with Gasteiger partial charge in [0.1, 0.15) is 23.7 Å². The lowest BCUT2D eigenvalue weighted by Crippen LogP contribution is -2.40. The van der Waals surface area contributed by atoms with Crippen molar-refractivity contribution >= 4 is 5.91 Å². The monoisotopic (exact) mass is 308 g/mol. The highest BCUT2D eigenvalue weighted by atomic mass is 16.5. The van der Waals surface area contributed by atoms with Crippen LogP contribution in [-0.4, -0.2) is 44.4 Å². The number of methoxy groups -OCH3 is 1. The van der Waals surface area contributed by atoms with Crippen molar-refractivity contribution in [3.8, 4) is 11.5 Å². The number of carbonyl (C=O) groups excluding carboxylic acids is 1. The Morgan fingerprint density at radius 2 is 2.05 bits per heavy atom. The minimum Gasteiger partial charge on any atom is -0.497 e. The number of nitrogens with two attached hydrogens (primary N) is 1. The topological polar surface area (TPSA) is 82.8 Å². The predicted molar refractivity (Wildman–Crippen MR) is 83.0 cm³/mol. The first-order valence-corrected chi connectivity index (χ1v) is 7.56. The van der Waals surface area contributed by atoms with Crippen LogP contribution in [0.2, 0.25) is 0 Å². The highest BCUT2D eigenvalue weighted by molar-refractivity contribution is 5.81. The van der Waals surface area contributed by atoms with Gasteiger partial charge >= 0.3 is 0 Å². The van der Waals surface area contributed by atoms with E-state index in [9.17, 15) is 4.79 Å². The fraction of sp³-hybridized carbons (Fsp3) is 0.562. The van der Waals surface area contributed by atoms with Gasteiger partial charge in [-0.15, -0.1) is 0 Å². The molecule has 0 aromatic heterocycles. The molecular weight excluding hydrogens is 284 g/mol. The third-order valence-electron chi connectivity index (χ3n) is 3.62. The van der Waals surface area contributed by atoms with E-state index in [-0.39, 0.29) is 24.2 Å². The smallest absolute Gasteiger partial charge is 0.249 e. The van der Waals surface area contributed by atoms with Crippen molar-refractivity contribution in [1.82, 2.24) is 5.32 Å². The lowest BCUT2D eigenvalue weighted by molar-refractivity contribution is -0.132. The Bertz CT molecular complexity index is 478. The Balaban J connectivity index is 1.72. The second-order valence-corrected chi connectivity index (χ2v) is 5.41. The molecule has 22 heavy (non-hydrogen) atoms. The Kier molecular flexibility index (Phi) is 6.03. The minimum atomic E-state index is -0.387. The predicted octanol–water partition coefficient (Wildman–Crippen LogP) is 1.08. The molecule has 0 bridgehead atoms. The van der Waals surface area contributed by atoms with E-state index < -0.39 is 0 Å². The number of ether oxygens (including phenoxy) is 3. The Morgan fingerprint density at radius 3 is 2.64 bits per heavy atom. The van der Waals surface area contributed by atoms with Gasteiger partial charge in [0.15, 0.2) is 0 Å². The SMILES string of the molecule is COc1ccc(OC(C)CNC(=O)[C@@H]2CC[C@H](CN)O2)cc1. The van der Waals surface area contributed by atoms with Crippen molar-refractivity contribution < 1.29 is 19.0 Å². The molecule has 1 unspecified atom stereocenters. The molecule has 1 aliphatic rings. The summed E-state index contributed by atoms with van der Waals surface area (Å²) in [5.74, 6) is 1.42. The summed E-state index contributed by atoms with van der Waals surface area (Å²) in [6, 6.07) is 7.34. The summed E-state index contributed by atoms with van der Waals surface area (Å²) in [5, 5.41) is 2.86. The molecule has 122 valence electrons. The first-order chi connectivity index (χ1) is 10.6. The Labute approximate surface area is 130 Å². The molecule has 6 heteroatoms. The van der Waals surface area contributed by atoms with Crippen LogP contribution in [0.4, 0.5) is 0 Å². The third kappa shape index (κ3) is 4.61. The van der Waals surface area contributed by atoms with Crippen LogP contribution >= 0.6 is 0 Å². The molecule has 2 rings (SSSR count). The van der Waals surface area contributed by atoms with Crippen LogP contribution in [0.3, 0.4) is 0 Å². The molecule has 1 aromatic rings. The fourth-order valence-electron chi connectivity index (χ4n) is 2.36. The van der Waals surface area contributed by atoms with Crippen molar-refractivity contribution in [1.29, 1.82) is 0 Å². The molecule has 0 saturated carbocycles. The van der Waals surface area contributed by atoms with Crippen LogP contribution in [0.15, 0.2) is 24.3 Å². The zero-order valence-corrected chi connectivity index (χ0v) is 13.1. The molecule has 1 aromatic carbocycles. The normalized spacial score (nSPS) is 22.1. The van der Waals surface area contributed by atoms with Gasteiger partial charge in [-0.25, -0.2) is 0 Å². The maximum atomic E-state index is 12.0. The van der Waals surface area contributed by atoms with E-state index in [1.807, 2.05) is 31.2 Å². The van der Waals surface area contributed by atoms with Gasteiger partial charge in [0.25, 0.3) is 0 Å². The van der Waals surface area contributed by atoms with E-state index in [1.54, 1.807) is 7.11 Å². The summed E-state index contributed by atoms with van der Waals surface area (Å²) in [4.78, 5) is 12.0. The maximum Gasteiger partial charge on any atom is 0.249 e. The number of rotatable bonds is 7. The van der Waals surface area contributed by atoms with Crippen LogP contribution in [0.1, 0.15) is 19.8 Å². The van der Waals surface area contributed by atoms with Gasteiger partial charge < -0.3 is 25.3 Å². The van der Waals surface area contributed by atoms with Crippen LogP contribution in [0.25, 0.3) is 0 Å². The first-order valence-electron chi connectivity index (χ1n) is 7.56. The highest BCUT2D eigenvalue weighted by Crippen LogP contribution is 2.19. The summed E-state index contributed by atoms with van der Waals surface area (Å²) in [7, 11) is 1.62. The van der Waals surface area contributed by atoms with Crippen molar-refractivity contribution in [2.24, 2.45) is 5.73 Å². The summed E-state index contributed by atoms with van der Waals surface area (Å²) >= 11 is 0. The van der Waals surface area contributed by atoms with E-state index in [1.165, 1.54) is 0 Å². The molecule has 3 N–H and O–H groups in total. The van der Waals surface area contributed by atoms with Gasteiger partial charge in [-0.1, -0.05) is 0 Å². The number of carbonyl (C=O) groups is 1. The molecule has 0 radical (unpaired) electrons. The van der Waals surface area contributed by atoms with Crippen molar-refractivity contribution in [2.75, 3.05) is 20.2 Å². The highest BCUT2D eigenvalue weighted by Gasteiger charge is 2.29. The van der Waals surface area contributed by atoms with Crippen LogP contribution in [-0.2, 0) is 9.53 Å². The molecule has 1 fully saturated rings. The Morgan fingerprint density at radius 1 is 1.36 bits per heavy atom. The Hall–Kier alpha value is -1.79.